The van der Waals surface area contributed by atoms with Gasteiger partial charge in [0.25, 0.3) is 0 Å². The molecule has 1 unspecified atom stereocenters. The number of nitrogens with zero attached hydrogens (tertiary/aromatic N) is 1. The fourth-order valence-electron chi connectivity index (χ4n) is 2.75. The molecule has 1 aliphatic rings. The first-order valence-corrected chi connectivity index (χ1v) is 7.43. The molecule has 120 valence electrons. The van der Waals surface area contributed by atoms with E-state index >= 15 is 0 Å². The normalized spacial score (nSPS) is 17.4. The molecule has 1 N–H and O–H groups in total. The molecule has 1 aromatic carbocycles. The monoisotopic (exact) mass is 312 g/mol. The number of nitrogens with one attached hydrogen (secondary N) is 1. The Labute approximate surface area is 136 Å². The van der Waals surface area contributed by atoms with Crippen molar-refractivity contribution >= 4 is 5.97 Å². The third kappa shape index (κ3) is 3.21. The van der Waals surface area contributed by atoms with Crippen LogP contribution in [-0.2, 0) is 9.53 Å². The number of allylic oxidation sites excluding steroid dienone is 3. The third-order valence-electron chi connectivity index (χ3n) is 3.83. The molecule has 0 bridgehead atoms. The lowest BCUT2D eigenvalue weighted by atomic mass is 9.81. The summed E-state index contributed by atoms with van der Waals surface area (Å²) in [5, 5.41) is 12.7. The summed E-state index contributed by atoms with van der Waals surface area (Å²) in [4.78, 5) is 12.4. The maximum absolute atomic E-state index is 12.4. The van der Waals surface area contributed by atoms with Crippen LogP contribution in [-0.4, -0.2) is 19.7 Å². The van der Waals surface area contributed by atoms with Gasteiger partial charge in [0.15, 0.2) is 0 Å². The third-order valence-corrected chi connectivity index (χ3v) is 3.83. The number of rotatable bonds is 4. The minimum absolute atomic E-state index is 0.287. The predicted molar refractivity (Wildman–Crippen MR) is 86.5 cm³/mol. The number of dihydropyridines is 1. The standard InChI is InChI=1S/C18H20N2O3/c1-5-23-18(21)16-12(3)20-11(2)15(10-19)17(16)13-6-8-14(22-4)9-7-13/h6-9,17,20H,5H2,1-4H3. The zero-order chi connectivity index (χ0) is 17.0. The average molecular weight is 312 g/mol. The lowest BCUT2D eigenvalue weighted by molar-refractivity contribution is -0.138. The molecule has 0 aromatic heterocycles. The molecule has 1 heterocycles. The molecule has 1 atom stereocenters. The molecule has 1 aromatic rings. The fraction of sp³-hybridized carbons (Fsp3) is 0.333. The fourth-order valence-corrected chi connectivity index (χ4v) is 2.75. The Morgan fingerprint density at radius 3 is 2.43 bits per heavy atom. The Hall–Kier alpha value is -2.74. The van der Waals surface area contributed by atoms with Crippen molar-refractivity contribution in [2.45, 2.75) is 26.7 Å². The minimum Gasteiger partial charge on any atom is -0.497 e. The first-order valence-electron chi connectivity index (χ1n) is 7.43. The van der Waals surface area contributed by atoms with Gasteiger partial charge in [-0.15, -0.1) is 0 Å². The number of hydrogen-bond acceptors (Lipinski definition) is 5. The molecule has 0 spiro atoms. The van der Waals surface area contributed by atoms with Gasteiger partial charge in [0.1, 0.15) is 5.75 Å². The number of esters is 1. The quantitative estimate of drug-likeness (QED) is 0.865. The van der Waals surface area contributed by atoms with E-state index in [4.69, 9.17) is 9.47 Å². The van der Waals surface area contributed by atoms with Gasteiger partial charge in [-0.25, -0.2) is 4.79 Å². The summed E-state index contributed by atoms with van der Waals surface area (Å²) >= 11 is 0. The summed E-state index contributed by atoms with van der Waals surface area (Å²) in [6.45, 7) is 5.70. The Morgan fingerprint density at radius 2 is 1.91 bits per heavy atom. The molecule has 1 aliphatic heterocycles. The van der Waals surface area contributed by atoms with Gasteiger partial charge in [0, 0.05) is 11.4 Å². The van der Waals surface area contributed by atoms with Crippen LogP contribution in [0.25, 0.3) is 0 Å². The molecule has 0 radical (unpaired) electrons. The summed E-state index contributed by atoms with van der Waals surface area (Å²) in [6, 6.07) is 9.59. The molecule has 0 saturated carbocycles. The SMILES string of the molecule is CCOC(=O)C1=C(C)NC(C)=C(C#N)C1c1ccc(OC)cc1. The van der Waals surface area contributed by atoms with Crippen molar-refractivity contribution in [1.29, 1.82) is 5.26 Å². The summed E-state index contributed by atoms with van der Waals surface area (Å²) in [7, 11) is 1.60. The topological polar surface area (TPSA) is 71.3 Å². The Kier molecular flexibility index (Phi) is 5.07. The van der Waals surface area contributed by atoms with E-state index in [0.717, 1.165) is 17.0 Å². The van der Waals surface area contributed by atoms with Crippen LogP contribution in [0.3, 0.4) is 0 Å². The molecule has 23 heavy (non-hydrogen) atoms. The molecular weight excluding hydrogens is 292 g/mol. The molecule has 0 aliphatic carbocycles. The van der Waals surface area contributed by atoms with E-state index in [2.05, 4.69) is 11.4 Å². The van der Waals surface area contributed by atoms with E-state index in [1.807, 2.05) is 38.1 Å². The number of nitriles is 1. The van der Waals surface area contributed by atoms with Crippen molar-refractivity contribution in [2.24, 2.45) is 0 Å². The second kappa shape index (κ2) is 7.01. The van der Waals surface area contributed by atoms with Crippen LogP contribution < -0.4 is 10.1 Å². The molecule has 0 amide bonds. The van der Waals surface area contributed by atoms with Crippen molar-refractivity contribution in [1.82, 2.24) is 5.32 Å². The Balaban J connectivity index is 2.56. The summed E-state index contributed by atoms with van der Waals surface area (Å²) in [5.41, 5.74) is 3.30. The zero-order valence-corrected chi connectivity index (χ0v) is 13.8. The van der Waals surface area contributed by atoms with Crippen LogP contribution in [0.4, 0.5) is 0 Å². The van der Waals surface area contributed by atoms with Gasteiger partial charge in [-0.2, -0.15) is 5.26 Å². The van der Waals surface area contributed by atoms with Crippen molar-refractivity contribution in [2.75, 3.05) is 13.7 Å². The van der Waals surface area contributed by atoms with Crippen LogP contribution >= 0.6 is 0 Å². The van der Waals surface area contributed by atoms with E-state index < -0.39 is 11.9 Å². The number of methoxy groups -OCH3 is 1. The van der Waals surface area contributed by atoms with E-state index in [9.17, 15) is 10.1 Å². The lowest BCUT2D eigenvalue weighted by Crippen LogP contribution is -2.28. The predicted octanol–water partition coefficient (Wildman–Crippen LogP) is 3.02. The lowest BCUT2D eigenvalue weighted by Gasteiger charge is -2.28. The van der Waals surface area contributed by atoms with E-state index in [-0.39, 0.29) is 6.61 Å². The average Bonchev–Trinajstić information content (AvgIpc) is 2.54. The second-order valence-electron chi connectivity index (χ2n) is 5.24. The molecule has 5 nitrogen and oxygen atoms in total. The van der Waals surface area contributed by atoms with Crippen LogP contribution in [0.1, 0.15) is 32.3 Å². The van der Waals surface area contributed by atoms with Crippen molar-refractivity contribution in [3.05, 3.63) is 52.4 Å². The number of hydrogen-bond donors (Lipinski definition) is 1. The summed E-state index contributed by atoms with van der Waals surface area (Å²) in [5.74, 6) is -0.120. The maximum atomic E-state index is 12.4. The van der Waals surface area contributed by atoms with Crippen molar-refractivity contribution in [3.8, 4) is 11.8 Å². The van der Waals surface area contributed by atoms with E-state index in [0.29, 0.717) is 16.8 Å². The Morgan fingerprint density at radius 1 is 1.26 bits per heavy atom. The zero-order valence-electron chi connectivity index (χ0n) is 13.8. The van der Waals surface area contributed by atoms with Crippen LogP contribution in [0, 0.1) is 11.3 Å². The molecular formula is C18H20N2O3. The highest BCUT2D eigenvalue weighted by Crippen LogP contribution is 2.38. The second-order valence-corrected chi connectivity index (χ2v) is 5.24. The van der Waals surface area contributed by atoms with Crippen molar-refractivity contribution in [3.63, 3.8) is 0 Å². The highest BCUT2D eigenvalue weighted by Gasteiger charge is 2.34. The number of ether oxygens (including phenoxy) is 2. The molecule has 2 rings (SSSR count). The number of benzene rings is 1. The van der Waals surface area contributed by atoms with Crippen LogP contribution in [0.5, 0.6) is 5.75 Å². The first kappa shape index (κ1) is 16.6. The van der Waals surface area contributed by atoms with Gasteiger partial charge in [0.05, 0.1) is 36.9 Å². The Bertz CT molecular complexity index is 709. The minimum atomic E-state index is -0.439. The number of carbonyl (C=O) groups excluding carboxylic acids is 1. The van der Waals surface area contributed by atoms with Gasteiger partial charge in [-0.3, -0.25) is 0 Å². The highest BCUT2D eigenvalue weighted by molar-refractivity contribution is 5.93. The van der Waals surface area contributed by atoms with E-state index in [1.165, 1.54) is 0 Å². The largest absolute Gasteiger partial charge is 0.497 e. The van der Waals surface area contributed by atoms with Gasteiger partial charge < -0.3 is 14.8 Å². The smallest absolute Gasteiger partial charge is 0.336 e. The maximum Gasteiger partial charge on any atom is 0.336 e. The first-order chi connectivity index (χ1) is 11.0. The van der Waals surface area contributed by atoms with Crippen molar-refractivity contribution < 1.29 is 14.3 Å². The van der Waals surface area contributed by atoms with Gasteiger partial charge >= 0.3 is 5.97 Å². The van der Waals surface area contributed by atoms with Gasteiger partial charge in [0.2, 0.25) is 0 Å². The molecule has 0 fully saturated rings. The van der Waals surface area contributed by atoms with Crippen LogP contribution in [0.15, 0.2) is 46.8 Å². The van der Waals surface area contributed by atoms with E-state index in [1.54, 1.807) is 14.0 Å². The van der Waals surface area contributed by atoms with Gasteiger partial charge in [-0.1, -0.05) is 12.1 Å². The van der Waals surface area contributed by atoms with Gasteiger partial charge in [-0.05, 0) is 38.5 Å². The molecule has 5 heteroatoms. The molecule has 0 saturated heterocycles. The van der Waals surface area contributed by atoms with Crippen LogP contribution in [0.2, 0.25) is 0 Å². The highest BCUT2D eigenvalue weighted by atomic mass is 16.5. The number of carbonyl (C=O) groups is 1. The summed E-state index contributed by atoms with van der Waals surface area (Å²) in [6.07, 6.45) is 0. The summed E-state index contributed by atoms with van der Waals surface area (Å²) < 4.78 is 10.4.